The Bertz CT molecular complexity index is 784. The van der Waals surface area contributed by atoms with Gasteiger partial charge in [-0.15, -0.1) is 0 Å². The topological polar surface area (TPSA) is 98.8 Å². The van der Waals surface area contributed by atoms with E-state index >= 15 is 0 Å². The van der Waals surface area contributed by atoms with Crippen LogP contribution in [0.15, 0.2) is 35.9 Å². The number of esters is 2. The number of para-hydroxylation sites is 2. The molecule has 25 heavy (non-hydrogen) atoms. The predicted molar refractivity (Wildman–Crippen MR) is 92.6 cm³/mol. The third kappa shape index (κ3) is 4.82. The van der Waals surface area contributed by atoms with Gasteiger partial charge in [0.1, 0.15) is 5.25 Å². The molecule has 0 spiro atoms. The number of ether oxygens (including phenoxy) is 2. The molecule has 0 saturated carbocycles. The number of sulfonamides is 1. The molecule has 1 aliphatic carbocycles. The lowest BCUT2D eigenvalue weighted by molar-refractivity contribution is -0.138. The van der Waals surface area contributed by atoms with Gasteiger partial charge in [-0.3, -0.25) is 9.52 Å². The van der Waals surface area contributed by atoms with Gasteiger partial charge in [-0.2, -0.15) is 0 Å². The maximum Gasteiger partial charge on any atom is 0.335 e. The number of allylic oxidation sites excluding steroid dienone is 1. The monoisotopic (exact) mass is 367 g/mol. The molecule has 136 valence electrons. The molecule has 0 radical (unpaired) electrons. The Balaban J connectivity index is 2.29. The molecule has 1 aromatic carbocycles. The minimum atomic E-state index is -3.92. The number of carbonyl (C=O) groups excluding carboxylic acids is 2. The largest absolute Gasteiger partial charge is 0.463 e. The fraction of sp³-hybridized carbons (Fsp3) is 0.412. The van der Waals surface area contributed by atoms with Crippen LogP contribution in [0.1, 0.15) is 33.1 Å². The summed E-state index contributed by atoms with van der Waals surface area (Å²) in [5, 5.41) is -1.01. The molecule has 0 aliphatic heterocycles. The third-order valence-corrected chi connectivity index (χ3v) is 5.40. The molecule has 1 atom stereocenters. The molecule has 0 bridgehead atoms. The van der Waals surface area contributed by atoms with Crippen LogP contribution in [0.3, 0.4) is 0 Å². The summed E-state index contributed by atoms with van der Waals surface area (Å²) in [7, 11) is -3.92. The summed E-state index contributed by atoms with van der Waals surface area (Å²) in [4.78, 5) is 23.2. The Hall–Kier alpha value is -2.35. The van der Waals surface area contributed by atoms with Crippen LogP contribution in [-0.2, 0) is 24.3 Å². The highest BCUT2D eigenvalue weighted by atomic mass is 32.2. The summed E-state index contributed by atoms with van der Waals surface area (Å²) < 4.78 is 38.0. The van der Waals surface area contributed by atoms with E-state index in [1.807, 2.05) is 0 Å². The van der Waals surface area contributed by atoms with E-state index in [9.17, 15) is 18.0 Å². The number of carbonyl (C=O) groups is 2. The van der Waals surface area contributed by atoms with Crippen molar-refractivity contribution in [3.8, 4) is 5.75 Å². The Morgan fingerprint density at radius 2 is 2.00 bits per heavy atom. The van der Waals surface area contributed by atoms with Gasteiger partial charge in [-0.1, -0.05) is 18.2 Å². The Morgan fingerprint density at radius 1 is 1.28 bits per heavy atom. The van der Waals surface area contributed by atoms with Crippen LogP contribution in [0.5, 0.6) is 5.75 Å². The molecule has 0 heterocycles. The van der Waals surface area contributed by atoms with Gasteiger partial charge < -0.3 is 9.47 Å². The lowest BCUT2D eigenvalue weighted by atomic mass is 9.99. The van der Waals surface area contributed by atoms with Crippen molar-refractivity contribution in [2.75, 3.05) is 11.3 Å². The third-order valence-electron chi connectivity index (χ3n) is 3.66. The SMILES string of the molecule is CCOC(=O)C1=CCCCC1S(=O)(=O)Nc1ccccc1OC(C)=O. The van der Waals surface area contributed by atoms with Gasteiger partial charge in [0.25, 0.3) is 0 Å². The zero-order valence-electron chi connectivity index (χ0n) is 14.2. The predicted octanol–water partition coefficient (Wildman–Crippen LogP) is 2.40. The summed E-state index contributed by atoms with van der Waals surface area (Å²) in [6, 6.07) is 6.23. The number of anilines is 1. The van der Waals surface area contributed by atoms with E-state index < -0.39 is 27.2 Å². The smallest absolute Gasteiger partial charge is 0.335 e. The minimum absolute atomic E-state index is 0.107. The summed E-state index contributed by atoms with van der Waals surface area (Å²) in [6.07, 6.45) is 3.21. The first kappa shape index (κ1) is 19.0. The fourth-order valence-electron chi connectivity index (χ4n) is 2.62. The van der Waals surface area contributed by atoms with Crippen molar-refractivity contribution >= 4 is 27.6 Å². The van der Waals surface area contributed by atoms with Gasteiger partial charge >= 0.3 is 11.9 Å². The van der Waals surface area contributed by atoms with Crippen LogP contribution >= 0.6 is 0 Å². The van der Waals surface area contributed by atoms with Crippen molar-refractivity contribution in [1.29, 1.82) is 0 Å². The average Bonchev–Trinajstić information content (AvgIpc) is 2.56. The Morgan fingerprint density at radius 3 is 2.68 bits per heavy atom. The molecule has 0 amide bonds. The standard InChI is InChI=1S/C17H21NO6S/c1-3-23-17(20)13-8-4-7-11-16(13)25(21,22)18-14-9-5-6-10-15(14)24-12(2)19/h5-6,8-10,16,18H,3-4,7,11H2,1-2H3. The highest BCUT2D eigenvalue weighted by Gasteiger charge is 2.35. The molecule has 0 saturated heterocycles. The Kier molecular flexibility index (Phi) is 6.19. The lowest BCUT2D eigenvalue weighted by Crippen LogP contribution is -2.34. The average molecular weight is 367 g/mol. The molecule has 8 heteroatoms. The van der Waals surface area contributed by atoms with Gasteiger partial charge in [-0.05, 0) is 38.3 Å². The molecule has 1 aromatic rings. The highest BCUT2D eigenvalue weighted by Crippen LogP contribution is 2.30. The second kappa shape index (κ2) is 8.15. The van der Waals surface area contributed by atoms with Crippen LogP contribution in [-0.4, -0.2) is 32.2 Å². The van der Waals surface area contributed by atoms with Gasteiger partial charge in [0.15, 0.2) is 5.75 Å². The van der Waals surface area contributed by atoms with Crippen molar-refractivity contribution in [3.63, 3.8) is 0 Å². The number of benzene rings is 1. The van der Waals surface area contributed by atoms with Crippen LogP contribution in [0.2, 0.25) is 0 Å². The fourth-order valence-corrected chi connectivity index (χ4v) is 4.24. The van der Waals surface area contributed by atoms with Crippen molar-refractivity contribution in [1.82, 2.24) is 0 Å². The molecule has 2 rings (SSSR count). The van der Waals surface area contributed by atoms with E-state index in [2.05, 4.69) is 4.72 Å². The van der Waals surface area contributed by atoms with Crippen molar-refractivity contribution < 1.29 is 27.5 Å². The van der Waals surface area contributed by atoms with Gasteiger partial charge in [-0.25, -0.2) is 13.2 Å². The van der Waals surface area contributed by atoms with E-state index in [1.54, 1.807) is 25.1 Å². The number of hydrogen-bond donors (Lipinski definition) is 1. The second-order valence-corrected chi connectivity index (χ2v) is 7.40. The summed E-state index contributed by atoms with van der Waals surface area (Å²) in [5.41, 5.74) is 0.289. The summed E-state index contributed by atoms with van der Waals surface area (Å²) in [6.45, 7) is 3.07. The molecular weight excluding hydrogens is 346 g/mol. The molecule has 1 aliphatic rings. The zero-order valence-corrected chi connectivity index (χ0v) is 15.0. The minimum Gasteiger partial charge on any atom is -0.463 e. The van der Waals surface area contributed by atoms with Crippen LogP contribution in [0, 0.1) is 0 Å². The normalized spacial score (nSPS) is 17.4. The maximum atomic E-state index is 12.8. The zero-order chi connectivity index (χ0) is 18.4. The summed E-state index contributed by atoms with van der Waals surface area (Å²) >= 11 is 0. The van der Waals surface area contributed by atoms with Crippen LogP contribution in [0.25, 0.3) is 0 Å². The quantitative estimate of drug-likeness (QED) is 0.612. The number of nitrogens with one attached hydrogen (secondary N) is 1. The highest BCUT2D eigenvalue weighted by molar-refractivity contribution is 7.93. The van der Waals surface area contributed by atoms with Crippen LogP contribution < -0.4 is 9.46 Å². The first-order valence-corrected chi connectivity index (χ1v) is 9.56. The number of hydrogen-bond acceptors (Lipinski definition) is 6. The van der Waals surface area contributed by atoms with E-state index in [-0.39, 0.29) is 23.6 Å². The molecule has 0 aromatic heterocycles. The van der Waals surface area contributed by atoms with Gasteiger partial charge in [0, 0.05) is 6.92 Å². The van der Waals surface area contributed by atoms with E-state index in [4.69, 9.17) is 9.47 Å². The second-order valence-electron chi connectivity index (χ2n) is 5.54. The first-order valence-electron chi connectivity index (χ1n) is 8.01. The van der Waals surface area contributed by atoms with E-state index in [0.717, 1.165) is 0 Å². The Labute approximate surface area is 147 Å². The molecule has 1 unspecified atom stereocenters. The molecular formula is C17H21NO6S. The molecule has 7 nitrogen and oxygen atoms in total. The van der Waals surface area contributed by atoms with E-state index in [1.165, 1.54) is 19.1 Å². The maximum absolute atomic E-state index is 12.8. The van der Waals surface area contributed by atoms with Gasteiger partial charge in [0.2, 0.25) is 10.0 Å². The van der Waals surface area contributed by atoms with Gasteiger partial charge in [0.05, 0.1) is 17.9 Å². The van der Waals surface area contributed by atoms with Crippen molar-refractivity contribution in [2.45, 2.75) is 38.4 Å². The summed E-state index contributed by atoms with van der Waals surface area (Å²) in [5.74, 6) is -1.07. The molecule has 0 fully saturated rings. The van der Waals surface area contributed by atoms with Crippen LogP contribution in [0.4, 0.5) is 5.69 Å². The molecule has 1 N–H and O–H groups in total. The number of rotatable bonds is 6. The van der Waals surface area contributed by atoms with Crippen molar-refractivity contribution in [3.05, 3.63) is 35.9 Å². The van der Waals surface area contributed by atoms with Crippen molar-refractivity contribution in [2.24, 2.45) is 0 Å². The van der Waals surface area contributed by atoms with E-state index in [0.29, 0.717) is 19.3 Å². The first-order chi connectivity index (χ1) is 11.8. The lowest BCUT2D eigenvalue weighted by Gasteiger charge is -2.24.